The molecule has 3 rings (SSSR count). The summed E-state index contributed by atoms with van der Waals surface area (Å²) in [6.45, 7) is 32.4. The van der Waals surface area contributed by atoms with Gasteiger partial charge >= 0.3 is 0 Å². The fourth-order valence-electron chi connectivity index (χ4n) is 7.84. The summed E-state index contributed by atoms with van der Waals surface area (Å²) in [5, 5.41) is 0. The lowest BCUT2D eigenvalue weighted by atomic mass is 9.91. The van der Waals surface area contributed by atoms with Gasteiger partial charge < -0.3 is 42.6 Å². The first-order valence-corrected chi connectivity index (χ1v) is 20.7. The van der Waals surface area contributed by atoms with Crippen LogP contribution in [-0.2, 0) is 42.6 Å². The van der Waals surface area contributed by atoms with E-state index in [1.807, 2.05) is 0 Å². The first-order valence-electron chi connectivity index (χ1n) is 20.7. The fraction of sp³-hybridized carbons (Fsp3) is 1.00. The number of ether oxygens (including phenoxy) is 9. The Labute approximate surface area is 313 Å². The number of hydrogen-bond donors (Lipinski definition) is 0. The van der Waals surface area contributed by atoms with E-state index in [9.17, 15) is 0 Å². The maximum absolute atomic E-state index is 7.03. The molecule has 0 aromatic carbocycles. The van der Waals surface area contributed by atoms with Gasteiger partial charge in [-0.1, -0.05) is 41.0 Å². The van der Waals surface area contributed by atoms with Crippen LogP contribution < -0.4 is 0 Å². The van der Waals surface area contributed by atoms with Crippen molar-refractivity contribution < 1.29 is 42.6 Å². The largest absolute Gasteiger partial charge is 0.376 e. The molecule has 302 valence electrons. The quantitative estimate of drug-likeness (QED) is 0.0649. The van der Waals surface area contributed by atoms with Crippen LogP contribution in [0, 0.1) is 0 Å². The Morgan fingerprint density at radius 3 is 1.27 bits per heavy atom. The van der Waals surface area contributed by atoms with Crippen LogP contribution in [0.1, 0.15) is 161 Å². The smallest absolute Gasteiger partial charge is 0.105 e. The summed E-state index contributed by atoms with van der Waals surface area (Å²) in [4.78, 5) is 0. The molecule has 3 aliphatic rings. The molecule has 9 nitrogen and oxygen atoms in total. The topological polar surface area (TPSA) is 93.0 Å². The molecule has 12 atom stereocenters. The van der Waals surface area contributed by atoms with Crippen molar-refractivity contribution >= 4 is 0 Å². The van der Waals surface area contributed by atoms with Crippen LogP contribution in [0.3, 0.4) is 0 Å². The molecule has 0 aliphatic carbocycles. The standard InChI is InChI=1S/C42H80O9/c1-14-19-42(13,21-32(7)49-40(11,17-4)23-35-28-45-35)47-30-37(26-43-25-33(8)50-41(12,18-5)24-36-29-46-36)51-38(9,15-2)20-31(6)48-39(10,16-3)22-34-27-44-34/h31-37H,14-30H2,1-13H3. The van der Waals surface area contributed by atoms with Crippen LogP contribution in [-0.4, -0.2) is 110 Å². The first kappa shape index (κ1) is 45.0. The van der Waals surface area contributed by atoms with E-state index in [4.69, 9.17) is 42.6 Å². The summed E-state index contributed by atoms with van der Waals surface area (Å²) >= 11 is 0. The minimum Gasteiger partial charge on any atom is -0.376 e. The summed E-state index contributed by atoms with van der Waals surface area (Å²) in [7, 11) is 0. The van der Waals surface area contributed by atoms with Crippen LogP contribution in [0.4, 0.5) is 0 Å². The monoisotopic (exact) mass is 729 g/mol. The van der Waals surface area contributed by atoms with Crippen LogP contribution in [0.5, 0.6) is 0 Å². The Balaban J connectivity index is 1.67. The molecule has 0 aromatic heterocycles. The predicted octanol–water partition coefficient (Wildman–Crippen LogP) is 9.00. The zero-order valence-corrected chi connectivity index (χ0v) is 35.2. The highest BCUT2D eigenvalue weighted by Gasteiger charge is 2.40. The molecule has 3 fully saturated rings. The molecular weight excluding hydrogens is 648 g/mol. The zero-order valence-electron chi connectivity index (χ0n) is 35.2. The Morgan fingerprint density at radius 1 is 0.510 bits per heavy atom. The SMILES string of the molecule is CCCC(C)(CC(C)OC(C)(CC)CC1CO1)OCC(COCC(C)OC(C)(CC)CC1CO1)OC(C)(CC)CC(C)OC(C)(CC)CC1CO1. The van der Waals surface area contributed by atoms with Crippen molar-refractivity contribution in [3.8, 4) is 0 Å². The van der Waals surface area contributed by atoms with Crippen molar-refractivity contribution in [2.45, 2.75) is 231 Å². The Hall–Kier alpha value is -0.360. The number of hydrogen-bond acceptors (Lipinski definition) is 9. The maximum atomic E-state index is 7.03. The van der Waals surface area contributed by atoms with E-state index in [1.165, 1.54) is 0 Å². The van der Waals surface area contributed by atoms with E-state index in [1.54, 1.807) is 0 Å². The van der Waals surface area contributed by atoms with E-state index in [0.717, 1.165) is 90.4 Å². The predicted molar refractivity (Wildman–Crippen MR) is 204 cm³/mol. The van der Waals surface area contributed by atoms with Gasteiger partial charge in [-0.05, 0) is 87.5 Å². The van der Waals surface area contributed by atoms with Gasteiger partial charge in [0.2, 0.25) is 0 Å². The Kier molecular flexibility index (Phi) is 17.7. The Morgan fingerprint density at radius 2 is 0.902 bits per heavy atom. The van der Waals surface area contributed by atoms with Crippen LogP contribution in [0.15, 0.2) is 0 Å². The average molecular weight is 729 g/mol. The van der Waals surface area contributed by atoms with Gasteiger partial charge in [0.15, 0.2) is 0 Å². The molecule has 0 saturated carbocycles. The van der Waals surface area contributed by atoms with Crippen molar-refractivity contribution in [1.29, 1.82) is 0 Å². The van der Waals surface area contributed by atoms with Crippen molar-refractivity contribution in [3.05, 3.63) is 0 Å². The van der Waals surface area contributed by atoms with Crippen molar-refractivity contribution in [2.24, 2.45) is 0 Å². The molecule has 0 amide bonds. The summed E-state index contributed by atoms with van der Waals surface area (Å²) in [6.07, 6.45) is 10.7. The van der Waals surface area contributed by atoms with Gasteiger partial charge in [0.1, 0.15) is 6.10 Å². The average Bonchev–Trinajstić information content (AvgIpc) is 3.89. The minimum absolute atomic E-state index is 0.0222. The molecule has 3 aliphatic heterocycles. The van der Waals surface area contributed by atoms with Gasteiger partial charge in [0.05, 0.1) is 104 Å². The zero-order chi connectivity index (χ0) is 37.9. The second-order valence-electron chi connectivity index (χ2n) is 17.7. The van der Waals surface area contributed by atoms with Gasteiger partial charge in [-0.25, -0.2) is 0 Å². The van der Waals surface area contributed by atoms with Gasteiger partial charge in [0, 0.05) is 32.1 Å². The second-order valence-corrected chi connectivity index (χ2v) is 17.7. The van der Waals surface area contributed by atoms with E-state index in [0.29, 0.717) is 38.1 Å². The second kappa shape index (κ2) is 20.0. The van der Waals surface area contributed by atoms with Gasteiger partial charge in [-0.2, -0.15) is 0 Å². The van der Waals surface area contributed by atoms with E-state index < -0.39 is 5.60 Å². The molecule has 51 heavy (non-hydrogen) atoms. The molecular formula is C42H80O9. The van der Waals surface area contributed by atoms with Gasteiger partial charge in [-0.3, -0.25) is 0 Å². The van der Waals surface area contributed by atoms with Crippen LogP contribution in [0.25, 0.3) is 0 Å². The highest BCUT2D eigenvalue weighted by atomic mass is 16.6. The Bertz CT molecular complexity index is 987. The minimum atomic E-state index is -0.417. The van der Waals surface area contributed by atoms with Gasteiger partial charge in [-0.15, -0.1) is 0 Å². The lowest BCUT2D eigenvalue weighted by Crippen LogP contribution is -2.45. The van der Waals surface area contributed by atoms with Crippen LogP contribution >= 0.6 is 0 Å². The molecule has 12 unspecified atom stereocenters. The van der Waals surface area contributed by atoms with Crippen molar-refractivity contribution in [3.63, 3.8) is 0 Å². The third-order valence-corrected chi connectivity index (χ3v) is 11.6. The molecule has 0 bridgehead atoms. The summed E-state index contributed by atoms with van der Waals surface area (Å²) < 4.78 is 56.9. The normalized spacial score (nSPS) is 28.3. The van der Waals surface area contributed by atoms with Crippen molar-refractivity contribution in [1.82, 2.24) is 0 Å². The third-order valence-electron chi connectivity index (χ3n) is 11.6. The maximum Gasteiger partial charge on any atom is 0.105 e. The first-order chi connectivity index (χ1) is 23.9. The molecule has 3 saturated heterocycles. The van der Waals surface area contributed by atoms with Crippen molar-refractivity contribution in [2.75, 3.05) is 39.6 Å². The number of epoxide rings is 3. The summed E-state index contributed by atoms with van der Waals surface area (Å²) in [5.74, 6) is 0. The molecule has 3 heterocycles. The molecule has 0 radical (unpaired) electrons. The lowest BCUT2D eigenvalue weighted by molar-refractivity contribution is -0.190. The summed E-state index contributed by atoms with van der Waals surface area (Å²) in [5.41, 5.74) is -1.42. The van der Waals surface area contributed by atoms with E-state index in [-0.39, 0.29) is 46.8 Å². The van der Waals surface area contributed by atoms with Crippen LogP contribution in [0.2, 0.25) is 0 Å². The van der Waals surface area contributed by atoms with Gasteiger partial charge in [0.25, 0.3) is 0 Å². The lowest BCUT2D eigenvalue weighted by Gasteiger charge is -2.40. The summed E-state index contributed by atoms with van der Waals surface area (Å²) in [6, 6.07) is 0. The fourth-order valence-corrected chi connectivity index (χ4v) is 7.84. The number of rotatable bonds is 31. The molecule has 0 N–H and O–H groups in total. The molecule has 0 aromatic rings. The third kappa shape index (κ3) is 16.9. The highest BCUT2D eigenvalue weighted by Crippen LogP contribution is 2.36. The highest BCUT2D eigenvalue weighted by molar-refractivity contribution is 4.89. The van der Waals surface area contributed by atoms with E-state index in [2.05, 4.69) is 90.0 Å². The molecule has 9 heteroatoms. The van der Waals surface area contributed by atoms with E-state index >= 15 is 0 Å². The molecule has 0 spiro atoms.